The molecule has 0 radical (unpaired) electrons. The van der Waals surface area contributed by atoms with E-state index in [9.17, 15) is 13.2 Å². The smallest absolute Gasteiger partial charge is 0.240 e. The van der Waals surface area contributed by atoms with Crippen molar-refractivity contribution in [2.24, 2.45) is 0 Å². The second-order valence-corrected chi connectivity index (χ2v) is 6.19. The number of nitrogens with one attached hydrogen (secondary N) is 1. The molecule has 5 nitrogen and oxygen atoms in total. The Morgan fingerprint density at radius 1 is 1.26 bits per heavy atom. The highest BCUT2D eigenvalue weighted by atomic mass is 32.2. The fraction of sp³-hybridized carbons (Fsp3) is 0.231. The van der Waals surface area contributed by atoms with Gasteiger partial charge in [-0.05, 0) is 30.0 Å². The van der Waals surface area contributed by atoms with Crippen LogP contribution in [0.1, 0.15) is 18.4 Å². The molecule has 6 heteroatoms. The van der Waals surface area contributed by atoms with E-state index in [0.717, 1.165) is 22.6 Å². The van der Waals surface area contributed by atoms with Gasteiger partial charge in [-0.15, -0.1) is 0 Å². The lowest BCUT2D eigenvalue weighted by Crippen LogP contribution is -2.32. The molecule has 1 N–H and O–H groups in total. The normalized spacial score (nSPS) is 13.2. The quantitative estimate of drug-likeness (QED) is 0.921. The lowest BCUT2D eigenvalue weighted by molar-refractivity contribution is -0.120. The van der Waals surface area contributed by atoms with Crippen LogP contribution in [0.2, 0.25) is 0 Å². The zero-order chi connectivity index (χ0) is 14.0. The fourth-order valence-corrected chi connectivity index (χ4v) is 2.34. The van der Waals surface area contributed by atoms with Gasteiger partial charge >= 0.3 is 0 Å². The van der Waals surface area contributed by atoms with E-state index in [1.807, 2.05) is 29.0 Å². The number of fused-ring (bicyclic) bond motifs is 1. The first-order valence-corrected chi connectivity index (χ1v) is 7.61. The number of pyridine rings is 1. The molecule has 0 spiro atoms. The van der Waals surface area contributed by atoms with Crippen LogP contribution in [0.3, 0.4) is 0 Å². The van der Waals surface area contributed by atoms with Gasteiger partial charge in [-0.3, -0.25) is 14.5 Å². The van der Waals surface area contributed by atoms with E-state index in [2.05, 4.69) is 4.98 Å². The SMILES string of the molecule is CC(C(=O)NS(C)(=O)=O)c1ccc2ccncc2c1. The lowest BCUT2D eigenvalue weighted by Gasteiger charge is -2.12. The number of hydrogen-bond acceptors (Lipinski definition) is 4. The molecule has 2 rings (SSSR count). The van der Waals surface area contributed by atoms with E-state index < -0.39 is 21.8 Å². The molecule has 0 saturated heterocycles. The Balaban J connectivity index is 2.31. The summed E-state index contributed by atoms with van der Waals surface area (Å²) >= 11 is 0. The van der Waals surface area contributed by atoms with Crippen molar-refractivity contribution in [1.82, 2.24) is 9.71 Å². The van der Waals surface area contributed by atoms with Crippen LogP contribution in [0.15, 0.2) is 36.7 Å². The van der Waals surface area contributed by atoms with Gasteiger partial charge < -0.3 is 0 Å². The number of amides is 1. The Morgan fingerprint density at radius 3 is 2.68 bits per heavy atom. The number of carbonyl (C=O) groups is 1. The second-order valence-electron chi connectivity index (χ2n) is 4.44. The standard InChI is InChI=1S/C13H14N2O3S/c1-9(13(16)15-19(2,17)18)11-4-3-10-5-6-14-8-12(10)7-11/h3-9H,1-2H3,(H,15,16). The van der Waals surface area contributed by atoms with Crippen LogP contribution in [0, 0.1) is 0 Å². The van der Waals surface area contributed by atoms with Crippen molar-refractivity contribution in [3.05, 3.63) is 42.2 Å². The van der Waals surface area contributed by atoms with E-state index in [0.29, 0.717) is 0 Å². The summed E-state index contributed by atoms with van der Waals surface area (Å²) in [5.74, 6) is -1.08. The minimum absolute atomic E-state index is 0.536. The van der Waals surface area contributed by atoms with Crippen LogP contribution >= 0.6 is 0 Å². The van der Waals surface area contributed by atoms with Crippen LogP contribution in [0.5, 0.6) is 0 Å². The molecule has 1 amide bonds. The Kier molecular flexibility index (Phi) is 3.53. The van der Waals surface area contributed by atoms with Gasteiger partial charge in [-0.1, -0.05) is 12.1 Å². The predicted molar refractivity (Wildman–Crippen MR) is 73.1 cm³/mol. The van der Waals surface area contributed by atoms with Gasteiger partial charge in [-0.2, -0.15) is 0 Å². The van der Waals surface area contributed by atoms with E-state index in [1.165, 1.54) is 0 Å². The van der Waals surface area contributed by atoms with Crippen molar-refractivity contribution >= 4 is 26.7 Å². The monoisotopic (exact) mass is 278 g/mol. The molecule has 0 aliphatic rings. The summed E-state index contributed by atoms with van der Waals surface area (Å²) in [5.41, 5.74) is 0.752. The van der Waals surface area contributed by atoms with Crippen LogP contribution in [-0.2, 0) is 14.8 Å². The average molecular weight is 278 g/mol. The number of sulfonamides is 1. The predicted octanol–water partition coefficient (Wildman–Crippen LogP) is 1.41. The maximum Gasteiger partial charge on any atom is 0.240 e. The number of nitrogens with zero attached hydrogens (tertiary/aromatic N) is 1. The van der Waals surface area contributed by atoms with Gasteiger partial charge in [-0.25, -0.2) is 8.42 Å². The summed E-state index contributed by atoms with van der Waals surface area (Å²) in [4.78, 5) is 15.8. The molecule has 100 valence electrons. The molecule has 1 unspecified atom stereocenters. The number of carbonyl (C=O) groups excluding carboxylic acids is 1. The van der Waals surface area contributed by atoms with Crippen LogP contribution < -0.4 is 4.72 Å². The van der Waals surface area contributed by atoms with Gasteiger partial charge in [0.2, 0.25) is 15.9 Å². The Morgan fingerprint density at radius 2 is 2.00 bits per heavy atom. The average Bonchev–Trinajstić information content (AvgIpc) is 2.35. The summed E-state index contributed by atoms with van der Waals surface area (Å²) in [6, 6.07) is 7.42. The second kappa shape index (κ2) is 4.97. The molecule has 1 heterocycles. The summed E-state index contributed by atoms with van der Waals surface area (Å²) in [5, 5.41) is 1.94. The van der Waals surface area contributed by atoms with Crippen molar-refractivity contribution in [2.45, 2.75) is 12.8 Å². The molecular weight excluding hydrogens is 264 g/mol. The van der Waals surface area contributed by atoms with Crippen LogP contribution in [0.25, 0.3) is 10.8 Å². The first kappa shape index (κ1) is 13.5. The topological polar surface area (TPSA) is 76.1 Å². The van der Waals surface area contributed by atoms with E-state index in [-0.39, 0.29) is 0 Å². The summed E-state index contributed by atoms with van der Waals surface area (Å²) in [7, 11) is -3.53. The molecule has 19 heavy (non-hydrogen) atoms. The molecule has 0 aliphatic carbocycles. The van der Waals surface area contributed by atoms with Crippen molar-refractivity contribution in [2.75, 3.05) is 6.26 Å². The maximum atomic E-state index is 11.8. The van der Waals surface area contributed by atoms with E-state index in [1.54, 1.807) is 19.3 Å². The van der Waals surface area contributed by atoms with E-state index in [4.69, 9.17) is 0 Å². The van der Waals surface area contributed by atoms with Crippen molar-refractivity contribution in [3.8, 4) is 0 Å². The van der Waals surface area contributed by atoms with E-state index >= 15 is 0 Å². The third-order valence-corrected chi connectivity index (χ3v) is 3.42. The van der Waals surface area contributed by atoms with Crippen molar-refractivity contribution in [1.29, 1.82) is 0 Å². The molecule has 0 bridgehead atoms. The van der Waals surface area contributed by atoms with Gasteiger partial charge in [0, 0.05) is 17.8 Å². The number of hydrogen-bond donors (Lipinski definition) is 1. The number of rotatable bonds is 3. The molecule has 0 aliphatic heterocycles. The molecule has 1 aromatic heterocycles. The highest BCUT2D eigenvalue weighted by molar-refractivity contribution is 7.89. The molecule has 1 atom stereocenters. The zero-order valence-corrected chi connectivity index (χ0v) is 11.4. The van der Waals surface area contributed by atoms with Crippen molar-refractivity contribution in [3.63, 3.8) is 0 Å². The molecule has 0 saturated carbocycles. The minimum Gasteiger partial charge on any atom is -0.273 e. The zero-order valence-electron chi connectivity index (χ0n) is 10.6. The number of aromatic nitrogens is 1. The summed E-state index contributed by atoms with van der Waals surface area (Å²) in [6.07, 6.45) is 4.36. The minimum atomic E-state index is -3.53. The highest BCUT2D eigenvalue weighted by Gasteiger charge is 2.18. The maximum absolute atomic E-state index is 11.8. The highest BCUT2D eigenvalue weighted by Crippen LogP contribution is 2.21. The molecule has 1 aromatic carbocycles. The van der Waals surface area contributed by atoms with Crippen LogP contribution in [0.4, 0.5) is 0 Å². The summed E-state index contributed by atoms with van der Waals surface area (Å²) < 4.78 is 24.1. The molecule has 2 aromatic rings. The first-order valence-electron chi connectivity index (χ1n) is 5.72. The van der Waals surface area contributed by atoms with Crippen LogP contribution in [-0.4, -0.2) is 25.6 Å². The Bertz CT molecular complexity index is 726. The van der Waals surface area contributed by atoms with Gasteiger partial charge in [0.25, 0.3) is 0 Å². The van der Waals surface area contributed by atoms with Gasteiger partial charge in [0.1, 0.15) is 0 Å². The fourth-order valence-electron chi connectivity index (χ4n) is 1.80. The Hall–Kier alpha value is -1.95. The first-order chi connectivity index (χ1) is 8.87. The molecule has 0 fully saturated rings. The lowest BCUT2D eigenvalue weighted by atomic mass is 9.98. The Labute approximate surface area is 111 Å². The molecular formula is C13H14N2O3S. The summed E-state index contributed by atoms with van der Waals surface area (Å²) in [6.45, 7) is 1.66. The largest absolute Gasteiger partial charge is 0.273 e. The number of benzene rings is 1. The van der Waals surface area contributed by atoms with Gasteiger partial charge in [0.05, 0.1) is 12.2 Å². The van der Waals surface area contributed by atoms with Gasteiger partial charge in [0.15, 0.2) is 0 Å². The third-order valence-electron chi connectivity index (χ3n) is 2.84. The van der Waals surface area contributed by atoms with Crippen molar-refractivity contribution < 1.29 is 13.2 Å². The third kappa shape index (κ3) is 3.29.